The summed E-state index contributed by atoms with van der Waals surface area (Å²) in [6.07, 6.45) is 0.375. The fourth-order valence-electron chi connectivity index (χ4n) is 4.47. The molecular formula is C29H30ClFN2O3. The van der Waals surface area contributed by atoms with E-state index in [-0.39, 0.29) is 29.6 Å². The normalized spacial score (nSPS) is 15.8. The maximum Gasteiger partial charge on any atom is 0.265 e. The van der Waals surface area contributed by atoms with Crippen LogP contribution in [-0.2, 0) is 16.0 Å². The van der Waals surface area contributed by atoms with Crippen molar-refractivity contribution in [1.29, 1.82) is 0 Å². The zero-order chi connectivity index (χ0) is 25.8. The second-order valence-corrected chi connectivity index (χ2v) is 9.95. The van der Waals surface area contributed by atoms with E-state index in [1.165, 1.54) is 12.1 Å². The summed E-state index contributed by atoms with van der Waals surface area (Å²) in [4.78, 5) is 27.8. The Hall–Kier alpha value is -3.38. The summed E-state index contributed by atoms with van der Waals surface area (Å²) in [5, 5.41) is 3.34. The summed E-state index contributed by atoms with van der Waals surface area (Å²) in [6, 6.07) is 18.5. The van der Waals surface area contributed by atoms with E-state index < -0.39 is 6.10 Å². The molecule has 0 aliphatic carbocycles. The molecule has 2 unspecified atom stereocenters. The Kier molecular flexibility index (Phi) is 7.94. The Morgan fingerprint density at radius 2 is 1.83 bits per heavy atom. The molecule has 2 amide bonds. The van der Waals surface area contributed by atoms with Crippen LogP contribution >= 0.6 is 11.6 Å². The summed E-state index contributed by atoms with van der Waals surface area (Å²) >= 11 is 6.01. The smallest absolute Gasteiger partial charge is 0.265 e. The lowest BCUT2D eigenvalue weighted by molar-refractivity contribution is -0.134. The number of carbonyl (C=O) groups is 2. The van der Waals surface area contributed by atoms with Crippen LogP contribution in [0.25, 0.3) is 0 Å². The van der Waals surface area contributed by atoms with Gasteiger partial charge in [0.15, 0.2) is 6.10 Å². The van der Waals surface area contributed by atoms with Gasteiger partial charge in [-0.2, -0.15) is 0 Å². The molecule has 7 heteroatoms. The Labute approximate surface area is 216 Å². The molecule has 36 heavy (non-hydrogen) atoms. The van der Waals surface area contributed by atoms with Crippen molar-refractivity contribution in [3.8, 4) is 5.75 Å². The quantitative estimate of drug-likeness (QED) is 0.401. The van der Waals surface area contributed by atoms with Gasteiger partial charge in [0.2, 0.25) is 5.91 Å². The molecule has 1 aliphatic rings. The Morgan fingerprint density at radius 1 is 1.08 bits per heavy atom. The van der Waals surface area contributed by atoms with Crippen molar-refractivity contribution >= 4 is 29.1 Å². The average molecular weight is 509 g/mol. The molecule has 0 saturated heterocycles. The molecule has 188 valence electrons. The molecule has 0 bridgehead atoms. The first-order valence-electron chi connectivity index (χ1n) is 12.1. The van der Waals surface area contributed by atoms with E-state index in [1.54, 1.807) is 43.3 Å². The SMILES string of the molecule is CC(C)CC(=O)N1CCc2ccc(OC(C)C(=O)Nc3cccc(Cl)c3)cc2C1c1ccc(F)cc1. The minimum atomic E-state index is -0.770. The van der Waals surface area contributed by atoms with Crippen molar-refractivity contribution in [3.05, 3.63) is 94.3 Å². The van der Waals surface area contributed by atoms with Crippen LogP contribution in [0, 0.1) is 11.7 Å². The average Bonchev–Trinajstić information content (AvgIpc) is 2.83. The number of fused-ring (bicyclic) bond motifs is 1. The molecule has 2 atom stereocenters. The fraction of sp³-hybridized carbons (Fsp3) is 0.310. The van der Waals surface area contributed by atoms with Crippen molar-refractivity contribution < 1.29 is 18.7 Å². The molecule has 0 radical (unpaired) electrons. The second-order valence-electron chi connectivity index (χ2n) is 9.51. The molecule has 1 aliphatic heterocycles. The highest BCUT2D eigenvalue weighted by Crippen LogP contribution is 2.38. The summed E-state index contributed by atoms with van der Waals surface area (Å²) < 4.78 is 19.7. The first kappa shape index (κ1) is 25.7. The lowest BCUT2D eigenvalue weighted by Gasteiger charge is -2.38. The number of nitrogens with zero attached hydrogens (tertiary/aromatic N) is 1. The third kappa shape index (κ3) is 6.05. The van der Waals surface area contributed by atoms with Gasteiger partial charge in [-0.15, -0.1) is 0 Å². The van der Waals surface area contributed by atoms with Crippen LogP contribution in [0.2, 0.25) is 5.02 Å². The van der Waals surface area contributed by atoms with Crippen LogP contribution in [0.3, 0.4) is 0 Å². The molecule has 3 aromatic rings. The van der Waals surface area contributed by atoms with Gasteiger partial charge in [0.25, 0.3) is 5.91 Å². The number of halogens is 2. The molecule has 5 nitrogen and oxygen atoms in total. The van der Waals surface area contributed by atoms with E-state index in [0.29, 0.717) is 35.8 Å². The lowest BCUT2D eigenvalue weighted by atomic mass is 9.87. The third-order valence-electron chi connectivity index (χ3n) is 6.21. The number of rotatable bonds is 7. The van der Waals surface area contributed by atoms with E-state index in [9.17, 15) is 14.0 Å². The van der Waals surface area contributed by atoms with Gasteiger partial charge in [0, 0.05) is 23.7 Å². The van der Waals surface area contributed by atoms with E-state index in [0.717, 1.165) is 16.7 Å². The Bertz CT molecular complexity index is 1250. The van der Waals surface area contributed by atoms with Gasteiger partial charge in [-0.1, -0.05) is 49.7 Å². The van der Waals surface area contributed by atoms with Gasteiger partial charge in [-0.3, -0.25) is 9.59 Å². The van der Waals surface area contributed by atoms with Gasteiger partial charge in [0.1, 0.15) is 11.6 Å². The van der Waals surface area contributed by atoms with Crippen LogP contribution in [0.1, 0.15) is 49.9 Å². The number of hydrogen-bond acceptors (Lipinski definition) is 3. The molecular weight excluding hydrogens is 479 g/mol. The van der Waals surface area contributed by atoms with Crippen LogP contribution in [0.15, 0.2) is 66.7 Å². The predicted molar refractivity (Wildman–Crippen MR) is 140 cm³/mol. The van der Waals surface area contributed by atoms with Crippen molar-refractivity contribution in [2.24, 2.45) is 5.92 Å². The van der Waals surface area contributed by atoms with E-state index in [2.05, 4.69) is 5.32 Å². The molecule has 4 rings (SSSR count). The second kappa shape index (κ2) is 11.1. The maximum atomic E-state index is 13.7. The summed E-state index contributed by atoms with van der Waals surface area (Å²) in [7, 11) is 0. The topological polar surface area (TPSA) is 58.6 Å². The standard InChI is InChI=1S/C29H30ClFN2O3/c1-18(2)15-27(34)33-14-13-20-9-12-25(17-26(20)28(33)21-7-10-23(31)11-8-21)36-19(3)29(35)32-24-6-4-5-22(30)16-24/h4-12,16-19,28H,13-15H2,1-3H3,(H,32,35). The largest absolute Gasteiger partial charge is 0.481 e. The highest BCUT2D eigenvalue weighted by atomic mass is 35.5. The van der Waals surface area contributed by atoms with Gasteiger partial charge < -0.3 is 15.0 Å². The Balaban J connectivity index is 1.60. The summed E-state index contributed by atoms with van der Waals surface area (Å²) in [5.74, 6) is 0.171. The molecule has 0 aromatic heterocycles. The molecule has 1 N–H and O–H groups in total. The number of ether oxygens (including phenoxy) is 1. The molecule has 1 heterocycles. The van der Waals surface area contributed by atoms with Gasteiger partial charge >= 0.3 is 0 Å². The monoisotopic (exact) mass is 508 g/mol. The molecule has 0 saturated carbocycles. The maximum absolute atomic E-state index is 13.7. The van der Waals surface area contributed by atoms with Crippen LogP contribution < -0.4 is 10.1 Å². The first-order chi connectivity index (χ1) is 17.2. The van der Waals surface area contributed by atoms with E-state index in [1.807, 2.05) is 36.9 Å². The highest BCUT2D eigenvalue weighted by Gasteiger charge is 2.32. The molecule has 3 aromatic carbocycles. The van der Waals surface area contributed by atoms with Crippen molar-refractivity contribution in [1.82, 2.24) is 4.90 Å². The van der Waals surface area contributed by atoms with Crippen molar-refractivity contribution in [3.63, 3.8) is 0 Å². The van der Waals surface area contributed by atoms with Gasteiger partial charge in [-0.05, 0) is 78.4 Å². The van der Waals surface area contributed by atoms with Gasteiger partial charge in [-0.25, -0.2) is 4.39 Å². The van der Waals surface area contributed by atoms with Crippen LogP contribution in [-0.4, -0.2) is 29.4 Å². The zero-order valence-electron chi connectivity index (χ0n) is 20.6. The van der Waals surface area contributed by atoms with Crippen LogP contribution in [0.5, 0.6) is 5.75 Å². The minimum Gasteiger partial charge on any atom is -0.481 e. The number of benzene rings is 3. The van der Waals surface area contributed by atoms with E-state index in [4.69, 9.17) is 16.3 Å². The molecule has 0 spiro atoms. The predicted octanol–water partition coefficient (Wildman–Crippen LogP) is 6.41. The Morgan fingerprint density at radius 3 is 2.53 bits per heavy atom. The summed E-state index contributed by atoms with van der Waals surface area (Å²) in [5.41, 5.74) is 3.44. The number of nitrogens with one attached hydrogen (secondary N) is 1. The highest BCUT2D eigenvalue weighted by molar-refractivity contribution is 6.30. The number of hydrogen-bond donors (Lipinski definition) is 1. The summed E-state index contributed by atoms with van der Waals surface area (Å²) in [6.45, 7) is 6.30. The van der Waals surface area contributed by atoms with E-state index >= 15 is 0 Å². The minimum absolute atomic E-state index is 0.0607. The lowest BCUT2D eigenvalue weighted by Crippen LogP contribution is -2.41. The van der Waals surface area contributed by atoms with Crippen molar-refractivity contribution in [2.75, 3.05) is 11.9 Å². The molecule has 0 fully saturated rings. The first-order valence-corrected chi connectivity index (χ1v) is 12.5. The number of anilines is 1. The number of amides is 2. The van der Waals surface area contributed by atoms with Crippen molar-refractivity contribution in [2.45, 2.75) is 45.8 Å². The third-order valence-corrected chi connectivity index (χ3v) is 6.44. The fourth-order valence-corrected chi connectivity index (χ4v) is 4.66. The van der Waals surface area contributed by atoms with Gasteiger partial charge in [0.05, 0.1) is 6.04 Å². The zero-order valence-corrected chi connectivity index (χ0v) is 21.4. The van der Waals surface area contributed by atoms with Crippen LogP contribution in [0.4, 0.5) is 10.1 Å². The number of carbonyl (C=O) groups excluding carboxylic acids is 2.